The molecule has 1 atom stereocenters. The minimum Gasteiger partial charge on any atom is -0.481 e. The molecule has 1 aromatic rings. The number of carboxylic acid groups (broad SMARTS) is 1. The normalized spacial score (nSPS) is 21.9. The molecule has 2 saturated heterocycles. The number of benzene rings is 1. The van der Waals surface area contributed by atoms with Gasteiger partial charge in [-0.05, 0) is 30.7 Å². The highest BCUT2D eigenvalue weighted by Crippen LogP contribution is 2.27. The van der Waals surface area contributed by atoms with Crippen molar-refractivity contribution in [3.05, 3.63) is 24.3 Å². The van der Waals surface area contributed by atoms with Crippen LogP contribution in [0.4, 0.5) is 16.2 Å². The largest absolute Gasteiger partial charge is 0.481 e. The number of rotatable bonds is 3. The first kappa shape index (κ1) is 14.4. The zero-order valence-corrected chi connectivity index (χ0v) is 12.0. The number of carbonyl (C=O) groups is 3. The highest BCUT2D eigenvalue weighted by molar-refractivity contribution is 6.05. The Bertz CT molecular complexity index is 614. The fourth-order valence-electron chi connectivity index (χ4n) is 2.85. The lowest BCUT2D eigenvalue weighted by Gasteiger charge is -2.27. The van der Waals surface area contributed by atoms with Crippen molar-refractivity contribution < 1.29 is 19.5 Å². The molecule has 0 bridgehead atoms. The van der Waals surface area contributed by atoms with Gasteiger partial charge in [-0.2, -0.15) is 0 Å². The summed E-state index contributed by atoms with van der Waals surface area (Å²) in [5.74, 6) is -1.33. The molecule has 2 fully saturated rings. The molecule has 1 aromatic carbocycles. The zero-order valence-electron chi connectivity index (χ0n) is 12.0. The van der Waals surface area contributed by atoms with Crippen LogP contribution >= 0.6 is 0 Å². The Hall–Kier alpha value is -2.57. The minimum absolute atomic E-state index is 0.255. The van der Waals surface area contributed by atoms with Gasteiger partial charge in [-0.25, -0.2) is 4.79 Å². The second kappa shape index (κ2) is 5.67. The number of carboxylic acids is 1. The zero-order chi connectivity index (χ0) is 15.7. The number of nitrogens with zero attached hydrogens (tertiary/aromatic N) is 2. The number of amides is 3. The molecule has 7 nitrogen and oxygen atoms in total. The maximum Gasteiger partial charge on any atom is 0.328 e. The summed E-state index contributed by atoms with van der Waals surface area (Å²) in [5.41, 5.74) is 1.67. The molecular formula is C15H17N3O4. The number of hydrogen-bond acceptors (Lipinski definition) is 4. The van der Waals surface area contributed by atoms with Crippen LogP contribution in [0.2, 0.25) is 0 Å². The van der Waals surface area contributed by atoms with Gasteiger partial charge in [0.1, 0.15) is 0 Å². The van der Waals surface area contributed by atoms with E-state index in [-0.39, 0.29) is 11.8 Å². The lowest BCUT2D eigenvalue weighted by Crippen LogP contribution is -2.49. The van der Waals surface area contributed by atoms with E-state index in [0.29, 0.717) is 25.9 Å². The van der Waals surface area contributed by atoms with Crippen LogP contribution in [-0.4, -0.2) is 42.6 Å². The monoisotopic (exact) mass is 303 g/mol. The van der Waals surface area contributed by atoms with E-state index in [2.05, 4.69) is 5.32 Å². The van der Waals surface area contributed by atoms with Gasteiger partial charge < -0.3 is 10.0 Å². The van der Waals surface area contributed by atoms with Crippen molar-refractivity contribution in [1.29, 1.82) is 0 Å². The first-order valence-corrected chi connectivity index (χ1v) is 7.24. The smallest absolute Gasteiger partial charge is 0.328 e. The van der Waals surface area contributed by atoms with Crippen molar-refractivity contribution >= 4 is 29.3 Å². The molecule has 22 heavy (non-hydrogen) atoms. The molecule has 0 aliphatic carbocycles. The van der Waals surface area contributed by atoms with E-state index in [1.807, 2.05) is 29.2 Å². The fourth-order valence-corrected chi connectivity index (χ4v) is 2.85. The number of urea groups is 1. The van der Waals surface area contributed by atoms with Crippen LogP contribution in [-0.2, 0) is 9.59 Å². The van der Waals surface area contributed by atoms with E-state index < -0.39 is 12.0 Å². The van der Waals surface area contributed by atoms with E-state index >= 15 is 0 Å². The number of carbonyl (C=O) groups excluding carboxylic acids is 2. The summed E-state index contributed by atoms with van der Waals surface area (Å²) in [6, 6.07) is 6.99. The lowest BCUT2D eigenvalue weighted by molar-refractivity contribution is -0.140. The summed E-state index contributed by atoms with van der Waals surface area (Å²) in [7, 11) is 0. The first-order chi connectivity index (χ1) is 10.5. The number of nitrogens with one attached hydrogen (secondary N) is 1. The molecule has 2 heterocycles. The molecule has 116 valence electrons. The summed E-state index contributed by atoms with van der Waals surface area (Å²) in [6.45, 7) is 1.59. The van der Waals surface area contributed by atoms with Crippen LogP contribution < -0.4 is 15.1 Å². The Morgan fingerprint density at radius 2 is 1.82 bits per heavy atom. The minimum atomic E-state index is -0.756. The van der Waals surface area contributed by atoms with Crippen LogP contribution in [0.1, 0.15) is 12.8 Å². The van der Waals surface area contributed by atoms with Gasteiger partial charge in [0.2, 0.25) is 5.91 Å². The molecule has 0 radical (unpaired) electrons. The Morgan fingerprint density at radius 1 is 1.14 bits per heavy atom. The van der Waals surface area contributed by atoms with Crippen molar-refractivity contribution in [1.82, 2.24) is 5.32 Å². The summed E-state index contributed by atoms with van der Waals surface area (Å²) in [6.07, 6.45) is 0.938. The molecule has 0 aromatic heterocycles. The van der Waals surface area contributed by atoms with E-state index in [0.717, 1.165) is 17.9 Å². The van der Waals surface area contributed by atoms with Crippen LogP contribution in [0.5, 0.6) is 0 Å². The average molecular weight is 303 g/mol. The third kappa shape index (κ3) is 2.74. The molecule has 2 N–H and O–H groups in total. The van der Waals surface area contributed by atoms with Crippen molar-refractivity contribution in [2.45, 2.75) is 12.8 Å². The van der Waals surface area contributed by atoms with Gasteiger partial charge in [0, 0.05) is 37.4 Å². The topological polar surface area (TPSA) is 90.0 Å². The van der Waals surface area contributed by atoms with Crippen LogP contribution in [0, 0.1) is 5.92 Å². The lowest BCUT2D eigenvalue weighted by atomic mass is 10.1. The third-order valence-corrected chi connectivity index (χ3v) is 4.12. The standard InChI is InChI=1S/C15H17N3O4/c19-13-6-8-18(15(22)16-13)12-3-1-11(2-4-12)17-7-5-10(9-17)14(20)21/h1-4,10H,5-9H2,(H,20,21)(H,16,19,22)/t10-/m1/s1. The quantitative estimate of drug-likeness (QED) is 0.871. The highest BCUT2D eigenvalue weighted by Gasteiger charge is 2.28. The summed E-state index contributed by atoms with van der Waals surface area (Å²) < 4.78 is 0. The van der Waals surface area contributed by atoms with Crippen molar-refractivity contribution in [3.8, 4) is 0 Å². The van der Waals surface area contributed by atoms with Crippen LogP contribution in [0.25, 0.3) is 0 Å². The molecule has 3 amide bonds. The fraction of sp³-hybridized carbons (Fsp3) is 0.400. The summed E-state index contributed by atoms with van der Waals surface area (Å²) >= 11 is 0. The molecule has 0 saturated carbocycles. The molecule has 2 aliphatic rings. The van der Waals surface area contributed by atoms with Gasteiger partial charge in [-0.1, -0.05) is 0 Å². The maximum absolute atomic E-state index is 11.8. The number of hydrogen-bond donors (Lipinski definition) is 2. The molecule has 0 spiro atoms. The van der Waals surface area contributed by atoms with E-state index in [1.54, 1.807) is 0 Å². The van der Waals surface area contributed by atoms with Gasteiger partial charge in [0.15, 0.2) is 0 Å². The predicted octanol–water partition coefficient (Wildman–Crippen LogP) is 1.04. The van der Waals surface area contributed by atoms with E-state index in [9.17, 15) is 14.4 Å². The summed E-state index contributed by atoms with van der Waals surface area (Å²) in [5, 5.41) is 11.3. The second-order valence-electron chi connectivity index (χ2n) is 5.54. The van der Waals surface area contributed by atoms with Gasteiger partial charge >= 0.3 is 12.0 Å². The van der Waals surface area contributed by atoms with Gasteiger partial charge in [-0.3, -0.25) is 19.8 Å². The molecular weight excluding hydrogens is 286 g/mol. The molecule has 2 aliphatic heterocycles. The maximum atomic E-state index is 11.8. The van der Waals surface area contributed by atoms with Gasteiger partial charge in [-0.15, -0.1) is 0 Å². The van der Waals surface area contributed by atoms with Crippen LogP contribution in [0.15, 0.2) is 24.3 Å². The number of anilines is 2. The van der Waals surface area contributed by atoms with E-state index in [1.165, 1.54) is 4.90 Å². The van der Waals surface area contributed by atoms with Gasteiger partial charge in [0.25, 0.3) is 0 Å². The van der Waals surface area contributed by atoms with Gasteiger partial charge in [0.05, 0.1) is 5.92 Å². The highest BCUT2D eigenvalue weighted by atomic mass is 16.4. The van der Waals surface area contributed by atoms with Crippen molar-refractivity contribution in [3.63, 3.8) is 0 Å². The third-order valence-electron chi connectivity index (χ3n) is 4.12. The Morgan fingerprint density at radius 3 is 2.41 bits per heavy atom. The first-order valence-electron chi connectivity index (χ1n) is 7.24. The Kier molecular flexibility index (Phi) is 3.70. The Balaban J connectivity index is 1.69. The number of aliphatic carboxylic acids is 1. The molecule has 7 heteroatoms. The molecule has 0 unspecified atom stereocenters. The predicted molar refractivity (Wildman–Crippen MR) is 79.9 cm³/mol. The Labute approximate surface area is 127 Å². The van der Waals surface area contributed by atoms with E-state index in [4.69, 9.17) is 5.11 Å². The summed E-state index contributed by atoms with van der Waals surface area (Å²) in [4.78, 5) is 37.5. The SMILES string of the molecule is O=C1CCN(c2ccc(N3CC[C@@H](C(=O)O)C3)cc2)C(=O)N1. The van der Waals surface area contributed by atoms with Crippen molar-refractivity contribution in [2.24, 2.45) is 5.92 Å². The van der Waals surface area contributed by atoms with Crippen LogP contribution in [0.3, 0.4) is 0 Å². The number of imide groups is 1. The molecule has 3 rings (SSSR count). The average Bonchev–Trinajstić information content (AvgIpc) is 2.98. The van der Waals surface area contributed by atoms with Crippen molar-refractivity contribution in [2.75, 3.05) is 29.4 Å². The second-order valence-corrected chi connectivity index (χ2v) is 5.54.